The number of aromatic nitrogens is 2. The van der Waals surface area contributed by atoms with Crippen LogP contribution in [0.4, 0.5) is 13.2 Å². The van der Waals surface area contributed by atoms with Crippen LogP contribution in [0.5, 0.6) is 0 Å². The molecule has 2 unspecified atom stereocenters. The lowest BCUT2D eigenvalue weighted by Crippen LogP contribution is -2.39. The highest BCUT2D eigenvalue weighted by molar-refractivity contribution is 5.05. The van der Waals surface area contributed by atoms with Crippen molar-refractivity contribution in [2.75, 3.05) is 0 Å². The average Bonchev–Trinajstić information content (AvgIpc) is 2.84. The largest absolute Gasteiger partial charge is 0.435 e. The van der Waals surface area contributed by atoms with Crippen molar-refractivity contribution in [1.82, 2.24) is 15.1 Å². The molecule has 1 aromatic rings. The normalized spacial score (nSPS) is 33.0. The lowest BCUT2D eigenvalue weighted by atomic mass is 10.0. The van der Waals surface area contributed by atoms with Gasteiger partial charge in [-0.3, -0.25) is 4.68 Å². The summed E-state index contributed by atoms with van der Waals surface area (Å²) in [5, 5.41) is 7.13. The zero-order valence-electron chi connectivity index (χ0n) is 9.24. The maximum absolute atomic E-state index is 12.4. The summed E-state index contributed by atoms with van der Waals surface area (Å²) < 4.78 is 38.8. The fraction of sp³-hybridized carbons (Fsp3) is 0.727. The van der Waals surface area contributed by atoms with Crippen LogP contribution < -0.4 is 5.32 Å². The number of halogens is 3. The molecule has 2 aliphatic rings. The maximum Gasteiger partial charge on any atom is 0.435 e. The van der Waals surface area contributed by atoms with Crippen molar-refractivity contribution < 1.29 is 13.2 Å². The molecule has 2 fully saturated rings. The van der Waals surface area contributed by atoms with Crippen LogP contribution >= 0.6 is 0 Å². The third-order valence-corrected chi connectivity index (χ3v) is 3.72. The van der Waals surface area contributed by atoms with Gasteiger partial charge in [0.2, 0.25) is 0 Å². The number of hydrogen-bond donors (Lipinski definition) is 1. The van der Waals surface area contributed by atoms with E-state index in [2.05, 4.69) is 10.4 Å². The van der Waals surface area contributed by atoms with Crippen LogP contribution in [0, 0.1) is 0 Å². The zero-order valence-corrected chi connectivity index (χ0v) is 9.24. The Hall–Kier alpha value is -1.04. The van der Waals surface area contributed by atoms with E-state index in [1.807, 2.05) is 0 Å². The van der Waals surface area contributed by atoms with Crippen molar-refractivity contribution in [2.45, 2.75) is 50.0 Å². The van der Waals surface area contributed by atoms with Gasteiger partial charge in [-0.05, 0) is 31.7 Å². The second-order valence-corrected chi connectivity index (χ2v) is 4.94. The molecule has 3 heterocycles. The summed E-state index contributed by atoms with van der Waals surface area (Å²) in [6.07, 6.45) is 1.16. The standard InChI is InChI=1S/C11H14F3N3/c12-11(13,14)10-3-4-17(16-10)9-5-7-1-2-8(6-9)15-7/h3-4,7-9,15H,1-2,5-6H2. The molecule has 0 spiro atoms. The van der Waals surface area contributed by atoms with Crippen molar-refractivity contribution in [3.05, 3.63) is 18.0 Å². The minimum atomic E-state index is -4.34. The summed E-state index contributed by atoms with van der Waals surface area (Å²) in [6, 6.07) is 2.09. The molecule has 0 amide bonds. The third-order valence-electron chi connectivity index (χ3n) is 3.72. The SMILES string of the molecule is FC(F)(F)c1ccn(C2CC3CCC(C2)N3)n1. The topological polar surface area (TPSA) is 29.9 Å². The van der Waals surface area contributed by atoms with Crippen molar-refractivity contribution in [1.29, 1.82) is 0 Å². The van der Waals surface area contributed by atoms with Gasteiger partial charge in [-0.1, -0.05) is 0 Å². The Morgan fingerprint density at radius 1 is 1.24 bits per heavy atom. The van der Waals surface area contributed by atoms with Gasteiger partial charge in [-0.15, -0.1) is 0 Å². The molecular weight excluding hydrogens is 231 g/mol. The molecular formula is C11H14F3N3. The van der Waals surface area contributed by atoms with Gasteiger partial charge in [0.15, 0.2) is 5.69 Å². The third kappa shape index (κ3) is 2.06. The molecule has 3 rings (SSSR count). The van der Waals surface area contributed by atoms with Crippen LogP contribution in [0.15, 0.2) is 12.3 Å². The first kappa shape index (κ1) is 11.1. The van der Waals surface area contributed by atoms with E-state index in [4.69, 9.17) is 0 Å². The van der Waals surface area contributed by atoms with Crippen molar-refractivity contribution in [3.8, 4) is 0 Å². The molecule has 2 atom stereocenters. The van der Waals surface area contributed by atoms with E-state index in [1.165, 1.54) is 10.9 Å². The molecule has 17 heavy (non-hydrogen) atoms. The molecule has 2 aliphatic heterocycles. The fourth-order valence-electron chi connectivity index (χ4n) is 2.94. The van der Waals surface area contributed by atoms with Gasteiger partial charge in [-0.2, -0.15) is 18.3 Å². The van der Waals surface area contributed by atoms with Gasteiger partial charge in [-0.25, -0.2) is 0 Å². The summed E-state index contributed by atoms with van der Waals surface area (Å²) in [4.78, 5) is 0. The molecule has 1 aromatic heterocycles. The Morgan fingerprint density at radius 2 is 1.88 bits per heavy atom. The smallest absolute Gasteiger partial charge is 0.311 e. The Kier molecular flexibility index (Phi) is 2.43. The number of rotatable bonds is 1. The molecule has 2 saturated heterocycles. The molecule has 0 radical (unpaired) electrons. The quantitative estimate of drug-likeness (QED) is 0.823. The number of piperidine rings is 1. The maximum atomic E-state index is 12.4. The van der Waals surface area contributed by atoms with Crippen LogP contribution in [0.2, 0.25) is 0 Å². The van der Waals surface area contributed by atoms with Crippen molar-refractivity contribution in [3.63, 3.8) is 0 Å². The first-order chi connectivity index (χ1) is 8.02. The molecule has 0 saturated carbocycles. The summed E-state index contributed by atoms with van der Waals surface area (Å²) in [7, 11) is 0. The van der Waals surface area contributed by atoms with Gasteiger partial charge in [0, 0.05) is 18.3 Å². The van der Waals surface area contributed by atoms with Gasteiger partial charge >= 0.3 is 6.18 Å². The van der Waals surface area contributed by atoms with Gasteiger partial charge in [0.25, 0.3) is 0 Å². The van der Waals surface area contributed by atoms with Gasteiger partial charge in [0.05, 0.1) is 6.04 Å². The average molecular weight is 245 g/mol. The van der Waals surface area contributed by atoms with Gasteiger partial charge in [0.1, 0.15) is 0 Å². The zero-order chi connectivity index (χ0) is 12.0. The van der Waals surface area contributed by atoms with Crippen molar-refractivity contribution >= 4 is 0 Å². The number of nitrogens with one attached hydrogen (secondary N) is 1. The highest BCUT2D eigenvalue weighted by atomic mass is 19.4. The minimum Gasteiger partial charge on any atom is -0.311 e. The number of alkyl halides is 3. The summed E-state index contributed by atoms with van der Waals surface area (Å²) in [6.45, 7) is 0. The van der Waals surface area contributed by atoms with E-state index in [0.29, 0.717) is 12.1 Å². The number of fused-ring (bicyclic) bond motifs is 2. The molecule has 3 nitrogen and oxygen atoms in total. The fourth-order valence-corrected chi connectivity index (χ4v) is 2.94. The first-order valence-corrected chi connectivity index (χ1v) is 5.91. The summed E-state index contributed by atoms with van der Waals surface area (Å²) >= 11 is 0. The monoisotopic (exact) mass is 245 g/mol. The van der Waals surface area contributed by atoms with Crippen LogP contribution in [-0.2, 0) is 6.18 Å². The lowest BCUT2D eigenvalue weighted by Gasteiger charge is -2.29. The Bertz CT molecular complexity index is 400. The van der Waals surface area contributed by atoms with E-state index in [1.54, 1.807) is 0 Å². The molecule has 6 heteroatoms. The van der Waals surface area contributed by atoms with E-state index in [-0.39, 0.29) is 6.04 Å². The Labute approximate surface area is 97.0 Å². The Balaban J connectivity index is 1.78. The van der Waals surface area contributed by atoms with Crippen LogP contribution in [0.1, 0.15) is 37.4 Å². The van der Waals surface area contributed by atoms with Crippen LogP contribution in [0.25, 0.3) is 0 Å². The molecule has 0 aliphatic carbocycles. The van der Waals surface area contributed by atoms with E-state index < -0.39 is 11.9 Å². The van der Waals surface area contributed by atoms with E-state index in [0.717, 1.165) is 31.7 Å². The highest BCUT2D eigenvalue weighted by Crippen LogP contribution is 2.35. The van der Waals surface area contributed by atoms with Crippen LogP contribution in [0.3, 0.4) is 0 Å². The van der Waals surface area contributed by atoms with E-state index >= 15 is 0 Å². The second kappa shape index (κ2) is 3.73. The Morgan fingerprint density at radius 3 is 2.41 bits per heavy atom. The molecule has 0 aromatic carbocycles. The summed E-state index contributed by atoms with van der Waals surface area (Å²) in [5.41, 5.74) is -0.789. The van der Waals surface area contributed by atoms with Crippen molar-refractivity contribution in [2.24, 2.45) is 0 Å². The number of nitrogens with zero attached hydrogens (tertiary/aromatic N) is 2. The molecule has 94 valence electrons. The number of hydrogen-bond acceptors (Lipinski definition) is 2. The van der Waals surface area contributed by atoms with E-state index in [9.17, 15) is 13.2 Å². The predicted molar refractivity (Wildman–Crippen MR) is 55.4 cm³/mol. The molecule has 2 bridgehead atoms. The second-order valence-electron chi connectivity index (χ2n) is 4.94. The predicted octanol–water partition coefficient (Wildman–Crippen LogP) is 2.36. The highest BCUT2D eigenvalue weighted by Gasteiger charge is 2.37. The molecule has 1 N–H and O–H groups in total. The van der Waals surface area contributed by atoms with Gasteiger partial charge < -0.3 is 5.32 Å². The minimum absolute atomic E-state index is 0.116. The first-order valence-electron chi connectivity index (χ1n) is 5.91. The summed E-state index contributed by atoms with van der Waals surface area (Å²) in [5.74, 6) is 0. The lowest BCUT2D eigenvalue weighted by molar-refractivity contribution is -0.141. The van der Waals surface area contributed by atoms with Crippen LogP contribution in [-0.4, -0.2) is 21.9 Å².